The molecule has 1 fully saturated rings. The van der Waals surface area contributed by atoms with Crippen molar-refractivity contribution in [1.82, 2.24) is 19.6 Å². The molecule has 1 aliphatic rings. The molecular formula is C20H36N4O9. The average Bonchev–Trinajstić information content (AvgIpc) is 2.67. The fraction of sp³-hybridized carbons (Fsp3) is 0.800. The SMILES string of the molecule is CC(=O)CCC(C(=O)O)N1CCN(CC(=O)O)CCN(CC(O)O)CCN(CC(=O)O)CC1. The Balaban J connectivity index is 3.10. The van der Waals surface area contributed by atoms with Crippen molar-refractivity contribution in [3.05, 3.63) is 0 Å². The Morgan fingerprint density at radius 2 is 1.15 bits per heavy atom. The zero-order valence-electron chi connectivity index (χ0n) is 19.0. The largest absolute Gasteiger partial charge is 0.480 e. The normalized spacial score (nSPS) is 19.5. The van der Waals surface area contributed by atoms with E-state index in [0.29, 0.717) is 13.1 Å². The maximum absolute atomic E-state index is 11.9. The molecule has 1 unspecified atom stereocenters. The first-order valence-corrected chi connectivity index (χ1v) is 10.9. The number of carbonyl (C=O) groups is 4. The van der Waals surface area contributed by atoms with Crippen molar-refractivity contribution in [3.8, 4) is 0 Å². The van der Waals surface area contributed by atoms with Gasteiger partial charge in [-0.05, 0) is 13.3 Å². The molecule has 5 N–H and O–H groups in total. The van der Waals surface area contributed by atoms with Crippen LogP contribution >= 0.6 is 0 Å². The van der Waals surface area contributed by atoms with Crippen molar-refractivity contribution in [2.45, 2.75) is 32.1 Å². The van der Waals surface area contributed by atoms with Gasteiger partial charge in [0.1, 0.15) is 11.8 Å². The Labute approximate surface area is 192 Å². The van der Waals surface area contributed by atoms with Crippen LogP contribution in [-0.4, -0.2) is 153 Å². The molecule has 1 rings (SSSR count). The van der Waals surface area contributed by atoms with Crippen LogP contribution in [0.25, 0.3) is 0 Å². The molecule has 0 aliphatic carbocycles. The summed E-state index contributed by atoms with van der Waals surface area (Å²) < 4.78 is 0. The Kier molecular flexibility index (Phi) is 13.0. The molecule has 0 bridgehead atoms. The lowest BCUT2D eigenvalue weighted by atomic mass is 10.1. The fourth-order valence-electron chi connectivity index (χ4n) is 3.78. The predicted octanol–water partition coefficient (Wildman–Crippen LogP) is -2.49. The number of aliphatic hydroxyl groups excluding tert-OH is 1. The van der Waals surface area contributed by atoms with E-state index in [2.05, 4.69) is 0 Å². The minimum atomic E-state index is -1.59. The summed E-state index contributed by atoms with van der Waals surface area (Å²) in [6.07, 6.45) is -1.40. The number of rotatable bonds is 11. The molecular weight excluding hydrogens is 440 g/mol. The quantitative estimate of drug-likeness (QED) is 0.198. The van der Waals surface area contributed by atoms with Crippen molar-refractivity contribution < 1.29 is 44.7 Å². The standard InChI is InChI=1S/C20H36N4O9/c1-15(25)2-3-16(20(32)33)24-10-8-22(13-18(28)29)6-4-21(12-17(26)27)5-7-23(9-11-24)14-19(30)31/h16-17,26-27H,2-14H2,1H3,(H,28,29)(H,30,31)(H,32,33). The van der Waals surface area contributed by atoms with Crippen LogP contribution in [0.2, 0.25) is 0 Å². The van der Waals surface area contributed by atoms with E-state index in [1.165, 1.54) is 6.92 Å². The number of carbonyl (C=O) groups excluding carboxylic acids is 1. The van der Waals surface area contributed by atoms with Gasteiger partial charge in [0.25, 0.3) is 0 Å². The van der Waals surface area contributed by atoms with E-state index in [9.17, 15) is 44.7 Å². The van der Waals surface area contributed by atoms with Crippen LogP contribution in [-0.2, 0) is 19.2 Å². The number of nitrogens with zero attached hydrogens (tertiary/aromatic N) is 4. The first-order chi connectivity index (χ1) is 15.5. The zero-order chi connectivity index (χ0) is 25.0. The number of ketones is 1. The van der Waals surface area contributed by atoms with Crippen LogP contribution in [0.3, 0.4) is 0 Å². The van der Waals surface area contributed by atoms with Gasteiger partial charge in [0.15, 0.2) is 6.29 Å². The van der Waals surface area contributed by atoms with Crippen LogP contribution in [0.5, 0.6) is 0 Å². The maximum atomic E-state index is 11.9. The monoisotopic (exact) mass is 476 g/mol. The number of carboxylic acids is 3. The summed E-state index contributed by atoms with van der Waals surface area (Å²) in [4.78, 5) is 52.6. The second-order valence-electron chi connectivity index (χ2n) is 8.25. The lowest BCUT2D eigenvalue weighted by molar-refractivity contribution is -0.145. The smallest absolute Gasteiger partial charge is 0.320 e. The Morgan fingerprint density at radius 1 is 0.727 bits per heavy atom. The van der Waals surface area contributed by atoms with Crippen LogP contribution in [0.4, 0.5) is 0 Å². The van der Waals surface area contributed by atoms with Gasteiger partial charge in [-0.2, -0.15) is 0 Å². The van der Waals surface area contributed by atoms with Gasteiger partial charge < -0.3 is 30.3 Å². The van der Waals surface area contributed by atoms with Crippen molar-refractivity contribution in [1.29, 1.82) is 0 Å². The number of carboxylic acid groups (broad SMARTS) is 3. The van der Waals surface area contributed by atoms with Crippen molar-refractivity contribution in [2.75, 3.05) is 72.0 Å². The molecule has 1 heterocycles. The summed E-state index contributed by atoms with van der Waals surface area (Å²) in [6.45, 7) is 2.91. The van der Waals surface area contributed by atoms with Gasteiger partial charge in [0, 0.05) is 65.3 Å². The Hall–Kier alpha value is -2.16. The van der Waals surface area contributed by atoms with Gasteiger partial charge in [-0.3, -0.25) is 34.0 Å². The third kappa shape index (κ3) is 12.6. The third-order valence-corrected chi connectivity index (χ3v) is 5.51. The second kappa shape index (κ2) is 14.9. The number of hydrogen-bond acceptors (Lipinski definition) is 10. The minimum Gasteiger partial charge on any atom is -0.480 e. The van der Waals surface area contributed by atoms with Gasteiger partial charge >= 0.3 is 17.9 Å². The van der Waals surface area contributed by atoms with Gasteiger partial charge in [0.05, 0.1) is 13.1 Å². The highest BCUT2D eigenvalue weighted by Crippen LogP contribution is 2.11. The molecule has 0 aromatic rings. The summed E-state index contributed by atoms with van der Waals surface area (Å²) in [5.74, 6) is -3.31. The molecule has 13 nitrogen and oxygen atoms in total. The molecule has 13 heteroatoms. The number of hydrogen-bond donors (Lipinski definition) is 5. The molecule has 1 aliphatic heterocycles. The third-order valence-electron chi connectivity index (χ3n) is 5.51. The summed E-state index contributed by atoms with van der Waals surface area (Å²) in [6, 6.07) is -0.962. The lowest BCUT2D eigenvalue weighted by Crippen LogP contribution is -2.52. The van der Waals surface area contributed by atoms with Gasteiger partial charge in [-0.1, -0.05) is 0 Å². The highest BCUT2D eigenvalue weighted by molar-refractivity contribution is 5.78. The molecule has 0 radical (unpaired) electrons. The molecule has 1 atom stereocenters. The van der Waals surface area contributed by atoms with Crippen LogP contribution in [0, 0.1) is 0 Å². The van der Waals surface area contributed by atoms with E-state index in [0.717, 1.165) is 0 Å². The molecule has 0 aromatic carbocycles. The second-order valence-corrected chi connectivity index (χ2v) is 8.25. The van der Waals surface area contributed by atoms with Crippen LogP contribution < -0.4 is 0 Å². The average molecular weight is 477 g/mol. The van der Waals surface area contributed by atoms with E-state index >= 15 is 0 Å². The number of aliphatic carboxylic acids is 3. The predicted molar refractivity (Wildman–Crippen MR) is 116 cm³/mol. The Morgan fingerprint density at radius 3 is 1.52 bits per heavy atom. The minimum absolute atomic E-state index is 0.0694. The van der Waals surface area contributed by atoms with Crippen molar-refractivity contribution >= 4 is 23.7 Å². The zero-order valence-corrected chi connectivity index (χ0v) is 19.0. The van der Waals surface area contributed by atoms with Crippen LogP contribution in [0.1, 0.15) is 19.8 Å². The topological polar surface area (TPSA) is 182 Å². The number of aliphatic hydroxyl groups is 2. The summed E-state index contributed by atoms with van der Waals surface area (Å²) in [7, 11) is 0. The molecule has 0 aromatic heterocycles. The fourth-order valence-corrected chi connectivity index (χ4v) is 3.78. The highest BCUT2D eigenvalue weighted by atomic mass is 16.5. The molecule has 0 amide bonds. The lowest BCUT2D eigenvalue weighted by Gasteiger charge is -2.35. The summed E-state index contributed by atoms with van der Waals surface area (Å²) in [5.41, 5.74) is 0. The maximum Gasteiger partial charge on any atom is 0.320 e. The molecule has 1 saturated heterocycles. The van der Waals surface area contributed by atoms with Gasteiger partial charge in [0.2, 0.25) is 0 Å². The van der Waals surface area contributed by atoms with E-state index in [4.69, 9.17) is 0 Å². The molecule has 0 spiro atoms. The molecule has 190 valence electrons. The van der Waals surface area contributed by atoms with Crippen LogP contribution in [0.15, 0.2) is 0 Å². The van der Waals surface area contributed by atoms with E-state index in [-0.39, 0.29) is 77.5 Å². The first kappa shape index (κ1) is 28.9. The Bertz CT molecular complexity index is 629. The first-order valence-electron chi connectivity index (χ1n) is 10.9. The highest BCUT2D eigenvalue weighted by Gasteiger charge is 2.28. The number of Topliss-reactive ketones (excluding diaryl/α,β-unsaturated/α-hetero) is 1. The van der Waals surface area contributed by atoms with Crippen molar-refractivity contribution in [2.24, 2.45) is 0 Å². The van der Waals surface area contributed by atoms with Gasteiger partial charge in [-0.25, -0.2) is 0 Å². The van der Waals surface area contributed by atoms with E-state index in [1.54, 1.807) is 19.6 Å². The number of β-amino-alcohol motifs (C(OH)–C–C–N with tert-alkyl or cyclic N) is 2. The van der Waals surface area contributed by atoms with E-state index in [1.807, 2.05) is 0 Å². The molecule has 33 heavy (non-hydrogen) atoms. The summed E-state index contributed by atoms with van der Waals surface area (Å²) >= 11 is 0. The van der Waals surface area contributed by atoms with Gasteiger partial charge in [-0.15, -0.1) is 0 Å². The van der Waals surface area contributed by atoms with Crippen molar-refractivity contribution in [3.63, 3.8) is 0 Å². The molecule has 0 saturated carbocycles. The van der Waals surface area contributed by atoms with E-state index < -0.39 is 30.2 Å². The summed E-state index contributed by atoms with van der Waals surface area (Å²) in [5, 5.41) is 47.0.